The van der Waals surface area contributed by atoms with Crippen LogP contribution in [0.15, 0.2) is 48.8 Å². The molecule has 0 atom stereocenters. The Balaban J connectivity index is 1.88. The van der Waals surface area contributed by atoms with Crippen LogP contribution < -0.4 is 10.6 Å². The van der Waals surface area contributed by atoms with Gasteiger partial charge >= 0.3 is 0 Å². The van der Waals surface area contributed by atoms with Gasteiger partial charge in [-0.3, -0.25) is 14.8 Å². The number of carbonyl (C=O) groups is 1. The molecule has 0 bridgehead atoms. The maximum Gasteiger partial charge on any atom is 0.276 e. The first-order valence-electron chi connectivity index (χ1n) is 7.92. The molecule has 3 aromatic rings. The number of hydrogen-bond acceptors (Lipinski definition) is 5. The highest BCUT2D eigenvalue weighted by atomic mass is 16.1. The van der Waals surface area contributed by atoms with Gasteiger partial charge in [0.05, 0.1) is 17.6 Å². The Labute approximate surface area is 146 Å². The van der Waals surface area contributed by atoms with Gasteiger partial charge in [0.2, 0.25) is 0 Å². The summed E-state index contributed by atoms with van der Waals surface area (Å²) in [7, 11) is 0. The van der Waals surface area contributed by atoms with E-state index in [9.17, 15) is 4.79 Å². The third-order valence-corrected chi connectivity index (χ3v) is 3.59. The van der Waals surface area contributed by atoms with Gasteiger partial charge in [-0.2, -0.15) is 0 Å². The first-order valence-corrected chi connectivity index (χ1v) is 7.92. The molecule has 3 heterocycles. The second kappa shape index (κ2) is 7.09. The molecule has 0 aliphatic heterocycles. The molecule has 0 aromatic carbocycles. The zero-order valence-electron chi connectivity index (χ0n) is 14.4. The van der Waals surface area contributed by atoms with Crippen LogP contribution >= 0.6 is 0 Å². The van der Waals surface area contributed by atoms with Crippen LogP contribution in [0, 0.1) is 20.8 Å². The zero-order chi connectivity index (χ0) is 17.8. The number of nitrogens with one attached hydrogen (secondary N) is 2. The summed E-state index contributed by atoms with van der Waals surface area (Å²) in [6.45, 7) is 5.65. The SMILES string of the molecule is Cc1ccc(Nc2ccc(C)nc2C(=O)Nc2ccnc(C)c2)cn1. The van der Waals surface area contributed by atoms with Gasteiger partial charge < -0.3 is 10.6 Å². The predicted molar refractivity (Wildman–Crippen MR) is 98.2 cm³/mol. The monoisotopic (exact) mass is 333 g/mol. The Morgan fingerprint density at radius 1 is 0.880 bits per heavy atom. The van der Waals surface area contributed by atoms with E-state index < -0.39 is 0 Å². The summed E-state index contributed by atoms with van der Waals surface area (Å²) < 4.78 is 0. The molecule has 0 aliphatic rings. The highest BCUT2D eigenvalue weighted by Crippen LogP contribution is 2.21. The Bertz CT molecular complexity index is 906. The molecule has 3 aromatic heterocycles. The quantitative estimate of drug-likeness (QED) is 0.759. The van der Waals surface area contributed by atoms with Crippen LogP contribution in [0.2, 0.25) is 0 Å². The normalized spacial score (nSPS) is 10.4. The summed E-state index contributed by atoms with van der Waals surface area (Å²) in [6.07, 6.45) is 3.38. The van der Waals surface area contributed by atoms with Gasteiger partial charge in [-0.05, 0) is 57.2 Å². The predicted octanol–water partition coefficient (Wildman–Crippen LogP) is 3.79. The lowest BCUT2D eigenvalue weighted by molar-refractivity contribution is 0.102. The van der Waals surface area contributed by atoms with E-state index in [0.717, 1.165) is 22.8 Å². The van der Waals surface area contributed by atoms with Crippen molar-refractivity contribution in [1.82, 2.24) is 15.0 Å². The fourth-order valence-electron chi connectivity index (χ4n) is 2.34. The van der Waals surface area contributed by atoms with E-state index in [4.69, 9.17) is 0 Å². The molecule has 6 heteroatoms. The molecule has 2 N–H and O–H groups in total. The topological polar surface area (TPSA) is 79.8 Å². The first kappa shape index (κ1) is 16.6. The van der Waals surface area contributed by atoms with Crippen LogP contribution in [0.1, 0.15) is 27.6 Å². The maximum absolute atomic E-state index is 12.7. The maximum atomic E-state index is 12.7. The number of amides is 1. The summed E-state index contributed by atoms with van der Waals surface area (Å²) in [4.78, 5) is 25.5. The molecule has 3 rings (SSSR count). The molecular weight excluding hydrogens is 314 g/mol. The van der Waals surface area contributed by atoms with Crippen molar-refractivity contribution in [2.75, 3.05) is 10.6 Å². The van der Waals surface area contributed by atoms with Crippen molar-refractivity contribution < 1.29 is 4.79 Å². The molecule has 126 valence electrons. The van der Waals surface area contributed by atoms with Crippen molar-refractivity contribution in [3.05, 3.63) is 71.6 Å². The molecule has 0 saturated carbocycles. The Morgan fingerprint density at radius 3 is 2.40 bits per heavy atom. The van der Waals surface area contributed by atoms with Crippen molar-refractivity contribution in [2.45, 2.75) is 20.8 Å². The van der Waals surface area contributed by atoms with Gasteiger partial charge in [-0.1, -0.05) is 0 Å². The molecule has 0 radical (unpaired) electrons. The molecule has 0 fully saturated rings. The van der Waals surface area contributed by atoms with E-state index in [1.54, 1.807) is 18.5 Å². The molecular formula is C19H19N5O. The molecule has 0 aliphatic carbocycles. The van der Waals surface area contributed by atoms with E-state index in [-0.39, 0.29) is 5.91 Å². The van der Waals surface area contributed by atoms with Crippen molar-refractivity contribution in [3.63, 3.8) is 0 Å². The van der Waals surface area contributed by atoms with Crippen LogP contribution in [-0.2, 0) is 0 Å². The first-order chi connectivity index (χ1) is 12.0. The van der Waals surface area contributed by atoms with Crippen molar-refractivity contribution in [3.8, 4) is 0 Å². The number of aryl methyl sites for hydroxylation is 3. The van der Waals surface area contributed by atoms with Gasteiger partial charge in [0.1, 0.15) is 0 Å². The summed E-state index contributed by atoms with van der Waals surface area (Å²) in [5, 5.41) is 6.07. The minimum absolute atomic E-state index is 0.281. The Morgan fingerprint density at radius 2 is 1.68 bits per heavy atom. The lowest BCUT2D eigenvalue weighted by Gasteiger charge is -2.12. The summed E-state index contributed by atoms with van der Waals surface area (Å²) in [5.74, 6) is -0.281. The molecule has 0 unspecified atom stereocenters. The molecule has 25 heavy (non-hydrogen) atoms. The van der Waals surface area contributed by atoms with Crippen molar-refractivity contribution >= 4 is 23.0 Å². The molecule has 0 saturated heterocycles. The summed E-state index contributed by atoms with van der Waals surface area (Å²) >= 11 is 0. The van der Waals surface area contributed by atoms with Gasteiger partial charge in [0.25, 0.3) is 5.91 Å². The number of carbonyl (C=O) groups excluding carboxylic acids is 1. The van der Waals surface area contributed by atoms with Crippen molar-refractivity contribution in [1.29, 1.82) is 0 Å². The van der Waals surface area contributed by atoms with Crippen molar-refractivity contribution in [2.24, 2.45) is 0 Å². The number of anilines is 3. The lowest BCUT2D eigenvalue weighted by Crippen LogP contribution is -2.16. The second-order valence-electron chi connectivity index (χ2n) is 5.80. The minimum Gasteiger partial charge on any atom is -0.352 e. The third-order valence-electron chi connectivity index (χ3n) is 3.59. The minimum atomic E-state index is -0.281. The Hall–Kier alpha value is -3.28. The molecule has 0 spiro atoms. The summed E-state index contributed by atoms with van der Waals surface area (Å²) in [5.41, 5.74) is 4.96. The number of hydrogen-bond donors (Lipinski definition) is 2. The number of rotatable bonds is 4. The third kappa shape index (κ3) is 4.17. The van der Waals surface area contributed by atoms with E-state index in [2.05, 4.69) is 25.6 Å². The van der Waals surface area contributed by atoms with E-state index in [1.807, 2.05) is 51.1 Å². The average Bonchev–Trinajstić information content (AvgIpc) is 2.58. The lowest BCUT2D eigenvalue weighted by atomic mass is 10.2. The second-order valence-corrected chi connectivity index (χ2v) is 5.80. The Kier molecular flexibility index (Phi) is 4.70. The van der Waals surface area contributed by atoms with E-state index in [1.165, 1.54) is 0 Å². The zero-order valence-corrected chi connectivity index (χ0v) is 14.4. The standard InChI is InChI=1S/C19H19N5O/c1-12-4-6-16(11-21-12)23-17-7-5-13(2)22-18(17)19(25)24-15-8-9-20-14(3)10-15/h4-11,23H,1-3H3,(H,20,24,25). The average molecular weight is 333 g/mol. The molecule has 6 nitrogen and oxygen atoms in total. The fraction of sp³-hybridized carbons (Fsp3) is 0.158. The van der Waals surface area contributed by atoms with Crippen LogP contribution in [0.3, 0.4) is 0 Å². The van der Waals surface area contributed by atoms with Gasteiger partial charge in [0, 0.05) is 29.0 Å². The number of pyridine rings is 3. The smallest absolute Gasteiger partial charge is 0.276 e. The van der Waals surface area contributed by atoms with Gasteiger partial charge in [-0.15, -0.1) is 0 Å². The van der Waals surface area contributed by atoms with Crippen LogP contribution in [0.5, 0.6) is 0 Å². The van der Waals surface area contributed by atoms with Gasteiger partial charge in [0.15, 0.2) is 5.69 Å². The van der Waals surface area contributed by atoms with E-state index >= 15 is 0 Å². The van der Waals surface area contributed by atoms with Crippen LogP contribution in [0.25, 0.3) is 0 Å². The fourth-order valence-corrected chi connectivity index (χ4v) is 2.34. The summed E-state index contributed by atoms with van der Waals surface area (Å²) in [6, 6.07) is 11.1. The van der Waals surface area contributed by atoms with Crippen LogP contribution in [-0.4, -0.2) is 20.9 Å². The van der Waals surface area contributed by atoms with Gasteiger partial charge in [-0.25, -0.2) is 4.98 Å². The van der Waals surface area contributed by atoms with E-state index in [0.29, 0.717) is 17.1 Å². The number of nitrogens with zero attached hydrogens (tertiary/aromatic N) is 3. The largest absolute Gasteiger partial charge is 0.352 e. The highest BCUT2D eigenvalue weighted by Gasteiger charge is 2.14. The highest BCUT2D eigenvalue weighted by molar-refractivity contribution is 6.07. The number of aromatic nitrogens is 3. The van der Waals surface area contributed by atoms with Crippen LogP contribution in [0.4, 0.5) is 17.1 Å². The molecule has 1 amide bonds.